The number of benzene rings is 2. The third-order valence-corrected chi connectivity index (χ3v) is 5.91. The van der Waals surface area contributed by atoms with Crippen molar-refractivity contribution < 1.29 is 9.90 Å². The molecule has 0 saturated heterocycles. The highest BCUT2D eigenvalue weighted by Crippen LogP contribution is 2.38. The van der Waals surface area contributed by atoms with E-state index in [9.17, 15) is 9.90 Å². The zero-order valence-electron chi connectivity index (χ0n) is 15.8. The van der Waals surface area contributed by atoms with Gasteiger partial charge in [0, 0.05) is 0 Å². The molecule has 0 aliphatic heterocycles. The zero-order valence-corrected chi connectivity index (χ0v) is 15.8. The molecule has 2 aromatic carbocycles. The van der Waals surface area contributed by atoms with Crippen LogP contribution in [0.15, 0.2) is 48.5 Å². The summed E-state index contributed by atoms with van der Waals surface area (Å²) < 4.78 is 0. The Hall–Kier alpha value is -2.09. The first-order valence-corrected chi connectivity index (χ1v) is 10.1. The van der Waals surface area contributed by atoms with E-state index in [4.69, 9.17) is 0 Å². The SMILES string of the molecule is CCCCCC1CCC(c2ccc(-c3ccccc3C(=O)O)cc2)CC1. The van der Waals surface area contributed by atoms with E-state index in [1.54, 1.807) is 12.1 Å². The van der Waals surface area contributed by atoms with Crippen molar-refractivity contribution in [3.05, 3.63) is 59.7 Å². The van der Waals surface area contributed by atoms with Gasteiger partial charge in [0.15, 0.2) is 0 Å². The molecule has 0 unspecified atom stereocenters. The lowest BCUT2D eigenvalue weighted by molar-refractivity contribution is 0.0697. The maximum absolute atomic E-state index is 11.4. The predicted octanol–water partition coefficient (Wildman–Crippen LogP) is 6.91. The maximum atomic E-state index is 11.4. The summed E-state index contributed by atoms with van der Waals surface area (Å²) >= 11 is 0. The normalized spacial score (nSPS) is 20.0. The molecule has 0 aromatic heterocycles. The van der Waals surface area contributed by atoms with Gasteiger partial charge in [-0.1, -0.05) is 75.1 Å². The molecule has 0 radical (unpaired) electrons. The molecule has 2 heteroatoms. The number of unbranched alkanes of at least 4 members (excludes halogenated alkanes) is 2. The van der Waals surface area contributed by atoms with Crippen LogP contribution in [-0.2, 0) is 0 Å². The van der Waals surface area contributed by atoms with Crippen LogP contribution >= 0.6 is 0 Å². The van der Waals surface area contributed by atoms with Crippen molar-refractivity contribution in [3.63, 3.8) is 0 Å². The lowest BCUT2D eigenvalue weighted by Gasteiger charge is -2.29. The number of hydrogen-bond acceptors (Lipinski definition) is 1. The smallest absolute Gasteiger partial charge is 0.336 e. The fourth-order valence-electron chi connectivity index (χ4n) is 4.32. The summed E-state index contributed by atoms with van der Waals surface area (Å²) in [7, 11) is 0. The number of carboxylic acids is 1. The molecule has 3 rings (SSSR count). The molecule has 0 bridgehead atoms. The average Bonchev–Trinajstić information content (AvgIpc) is 2.69. The van der Waals surface area contributed by atoms with E-state index >= 15 is 0 Å². The summed E-state index contributed by atoms with van der Waals surface area (Å²) in [5, 5.41) is 9.39. The van der Waals surface area contributed by atoms with Crippen molar-refractivity contribution in [2.45, 2.75) is 64.2 Å². The molecule has 1 N–H and O–H groups in total. The number of aromatic carboxylic acids is 1. The first-order chi connectivity index (χ1) is 12.7. The van der Waals surface area contributed by atoms with Gasteiger partial charge in [-0.2, -0.15) is 0 Å². The van der Waals surface area contributed by atoms with Crippen molar-refractivity contribution >= 4 is 5.97 Å². The van der Waals surface area contributed by atoms with Crippen LogP contribution in [0, 0.1) is 5.92 Å². The highest BCUT2D eigenvalue weighted by molar-refractivity contribution is 5.95. The van der Waals surface area contributed by atoms with Gasteiger partial charge in [-0.05, 0) is 60.3 Å². The monoisotopic (exact) mass is 350 g/mol. The molecule has 1 aliphatic rings. The van der Waals surface area contributed by atoms with Crippen molar-refractivity contribution in [3.8, 4) is 11.1 Å². The van der Waals surface area contributed by atoms with Gasteiger partial charge in [-0.15, -0.1) is 0 Å². The van der Waals surface area contributed by atoms with Crippen LogP contribution in [0.2, 0.25) is 0 Å². The quantitative estimate of drug-likeness (QED) is 0.551. The molecular weight excluding hydrogens is 320 g/mol. The summed E-state index contributed by atoms with van der Waals surface area (Å²) in [6.07, 6.45) is 10.8. The second kappa shape index (κ2) is 9.02. The van der Waals surface area contributed by atoms with Gasteiger partial charge in [0.2, 0.25) is 0 Å². The molecule has 26 heavy (non-hydrogen) atoms. The molecule has 1 saturated carbocycles. The number of hydrogen-bond donors (Lipinski definition) is 1. The topological polar surface area (TPSA) is 37.3 Å². The molecule has 0 spiro atoms. The van der Waals surface area contributed by atoms with E-state index < -0.39 is 5.97 Å². The van der Waals surface area contributed by atoms with E-state index in [1.807, 2.05) is 12.1 Å². The van der Waals surface area contributed by atoms with E-state index in [0.717, 1.165) is 17.0 Å². The number of carbonyl (C=O) groups is 1. The third kappa shape index (κ3) is 4.55. The summed E-state index contributed by atoms with van der Waals surface area (Å²) in [6.45, 7) is 2.27. The Morgan fingerprint density at radius 1 is 0.962 bits per heavy atom. The van der Waals surface area contributed by atoms with Crippen LogP contribution in [0.1, 0.15) is 80.1 Å². The van der Waals surface area contributed by atoms with Gasteiger partial charge in [0.05, 0.1) is 5.56 Å². The van der Waals surface area contributed by atoms with Crippen LogP contribution < -0.4 is 0 Å². The molecule has 0 atom stereocenters. The summed E-state index contributed by atoms with van der Waals surface area (Å²) in [5.74, 6) is 0.729. The highest BCUT2D eigenvalue weighted by Gasteiger charge is 2.22. The van der Waals surface area contributed by atoms with Gasteiger partial charge in [0.1, 0.15) is 0 Å². The molecule has 1 aliphatic carbocycles. The first-order valence-electron chi connectivity index (χ1n) is 10.1. The third-order valence-electron chi connectivity index (χ3n) is 5.91. The van der Waals surface area contributed by atoms with Gasteiger partial charge >= 0.3 is 5.97 Å². The minimum absolute atomic E-state index is 0.368. The Morgan fingerprint density at radius 2 is 1.65 bits per heavy atom. The fourth-order valence-corrected chi connectivity index (χ4v) is 4.32. The molecule has 138 valence electrons. The van der Waals surface area contributed by atoms with Crippen molar-refractivity contribution in [1.82, 2.24) is 0 Å². The number of rotatable bonds is 7. The second-order valence-electron chi connectivity index (χ2n) is 7.69. The van der Waals surface area contributed by atoms with Crippen LogP contribution in [0.3, 0.4) is 0 Å². The lowest BCUT2D eigenvalue weighted by atomic mass is 9.77. The molecule has 0 amide bonds. The molecule has 0 heterocycles. The average molecular weight is 351 g/mol. The maximum Gasteiger partial charge on any atom is 0.336 e. The Balaban J connectivity index is 1.63. The molecule has 2 aromatic rings. The van der Waals surface area contributed by atoms with Gasteiger partial charge in [-0.3, -0.25) is 0 Å². The largest absolute Gasteiger partial charge is 0.478 e. The van der Waals surface area contributed by atoms with Crippen LogP contribution in [0.25, 0.3) is 11.1 Å². The van der Waals surface area contributed by atoms with Crippen LogP contribution in [0.5, 0.6) is 0 Å². The van der Waals surface area contributed by atoms with E-state index in [-0.39, 0.29) is 0 Å². The molecule has 2 nitrogen and oxygen atoms in total. The zero-order chi connectivity index (χ0) is 18.4. The number of carboxylic acid groups (broad SMARTS) is 1. The minimum Gasteiger partial charge on any atom is -0.478 e. The predicted molar refractivity (Wildman–Crippen MR) is 108 cm³/mol. The molecular formula is C24H30O2. The van der Waals surface area contributed by atoms with Gasteiger partial charge in [0.25, 0.3) is 0 Å². The Kier molecular flexibility index (Phi) is 6.49. The van der Waals surface area contributed by atoms with Crippen LogP contribution in [0.4, 0.5) is 0 Å². The minimum atomic E-state index is -0.869. The summed E-state index contributed by atoms with van der Waals surface area (Å²) in [6, 6.07) is 15.8. The van der Waals surface area contributed by atoms with Gasteiger partial charge < -0.3 is 5.11 Å². The summed E-state index contributed by atoms with van der Waals surface area (Å²) in [5.41, 5.74) is 3.56. The Bertz CT molecular complexity index is 709. The Morgan fingerprint density at radius 3 is 2.31 bits per heavy atom. The van der Waals surface area contributed by atoms with Gasteiger partial charge in [-0.25, -0.2) is 4.79 Å². The second-order valence-corrected chi connectivity index (χ2v) is 7.69. The summed E-state index contributed by atoms with van der Waals surface area (Å²) in [4.78, 5) is 11.4. The lowest BCUT2D eigenvalue weighted by Crippen LogP contribution is -2.13. The highest BCUT2D eigenvalue weighted by atomic mass is 16.4. The standard InChI is InChI=1S/C24H30O2/c1-2-3-4-7-18-10-12-19(13-11-18)20-14-16-21(17-15-20)22-8-5-6-9-23(22)24(25)26/h5-6,8-9,14-19H,2-4,7,10-13H2,1H3,(H,25,26). The van der Waals surface area contributed by atoms with Crippen molar-refractivity contribution in [2.24, 2.45) is 5.92 Å². The fraction of sp³-hybridized carbons (Fsp3) is 0.458. The first kappa shape index (κ1) is 18.7. The van der Waals surface area contributed by atoms with E-state index in [0.29, 0.717) is 11.5 Å². The Labute approximate surface area is 157 Å². The van der Waals surface area contributed by atoms with E-state index in [1.165, 1.54) is 56.9 Å². The van der Waals surface area contributed by atoms with E-state index in [2.05, 4.69) is 31.2 Å². The van der Waals surface area contributed by atoms with Crippen molar-refractivity contribution in [1.29, 1.82) is 0 Å². The van der Waals surface area contributed by atoms with Crippen molar-refractivity contribution in [2.75, 3.05) is 0 Å². The van der Waals surface area contributed by atoms with Crippen LogP contribution in [-0.4, -0.2) is 11.1 Å². The molecule has 1 fully saturated rings.